The normalized spacial score (nSPS) is 24.4. The third-order valence-corrected chi connectivity index (χ3v) is 2.40. The number of nitro groups is 1. The molecule has 1 fully saturated rings. The molecular formula is C9H11N3O2. The van der Waals surface area contributed by atoms with Crippen molar-refractivity contribution in [3.8, 4) is 0 Å². The third kappa shape index (κ3) is 1.81. The molecular weight excluding hydrogens is 182 g/mol. The number of anilines is 1. The highest BCUT2D eigenvalue weighted by Gasteiger charge is 2.32. The fraction of sp³-hybridized carbons (Fsp3) is 0.444. The molecule has 0 bridgehead atoms. The summed E-state index contributed by atoms with van der Waals surface area (Å²) in [5, 5.41) is 13.5. The fourth-order valence-electron chi connectivity index (χ4n) is 1.29. The Hall–Kier alpha value is -1.65. The quantitative estimate of drug-likeness (QED) is 0.587. The van der Waals surface area contributed by atoms with Crippen molar-refractivity contribution in [3.05, 3.63) is 28.4 Å². The van der Waals surface area contributed by atoms with Crippen molar-refractivity contribution in [3.63, 3.8) is 0 Å². The largest absolute Gasteiger partial charge is 0.367 e. The van der Waals surface area contributed by atoms with Crippen molar-refractivity contribution >= 4 is 11.5 Å². The number of rotatable bonds is 3. The summed E-state index contributed by atoms with van der Waals surface area (Å²) in [5.41, 5.74) is 0.0272. The summed E-state index contributed by atoms with van der Waals surface area (Å²) in [6.45, 7) is 2.16. The lowest BCUT2D eigenvalue weighted by molar-refractivity contribution is -0.385. The second kappa shape index (κ2) is 3.25. The maximum Gasteiger partial charge on any atom is 0.287 e. The van der Waals surface area contributed by atoms with Crippen molar-refractivity contribution in [1.29, 1.82) is 0 Å². The summed E-state index contributed by atoms with van der Waals surface area (Å²) < 4.78 is 0. The van der Waals surface area contributed by atoms with Gasteiger partial charge in [-0.25, -0.2) is 4.98 Å². The van der Waals surface area contributed by atoms with Crippen LogP contribution < -0.4 is 5.32 Å². The highest BCUT2D eigenvalue weighted by molar-refractivity contribution is 5.42. The van der Waals surface area contributed by atoms with Gasteiger partial charge in [-0.15, -0.1) is 0 Å². The van der Waals surface area contributed by atoms with Gasteiger partial charge in [0.25, 0.3) is 5.69 Å². The predicted octanol–water partition coefficient (Wildman–Crippen LogP) is 1.81. The van der Waals surface area contributed by atoms with Crippen LogP contribution in [0.5, 0.6) is 0 Å². The molecule has 14 heavy (non-hydrogen) atoms. The first-order valence-electron chi connectivity index (χ1n) is 4.54. The Kier molecular flexibility index (Phi) is 2.07. The van der Waals surface area contributed by atoms with Crippen LogP contribution in [-0.4, -0.2) is 15.9 Å². The van der Waals surface area contributed by atoms with Gasteiger partial charge < -0.3 is 5.32 Å². The third-order valence-electron chi connectivity index (χ3n) is 2.40. The molecule has 1 aliphatic rings. The topological polar surface area (TPSA) is 68.1 Å². The zero-order valence-corrected chi connectivity index (χ0v) is 7.80. The van der Waals surface area contributed by atoms with E-state index in [0.717, 1.165) is 6.42 Å². The van der Waals surface area contributed by atoms with Crippen molar-refractivity contribution in [2.24, 2.45) is 5.92 Å². The van der Waals surface area contributed by atoms with Crippen molar-refractivity contribution in [2.45, 2.75) is 19.4 Å². The molecule has 1 aromatic rings. The SMILES string of the molecule is CC1CC1Nc1ccc([N+](=O)[O-])cn1. The van der Waals surface area contributed by atoms with Crippen molar-refractivity contribution in [1.82, 2.24) is 4.98 Å². The zero-order valence-electron chi connectivity index (χ0n) is 7.80. The van der Waals surface area contributed by atoms with Crippen molar-refractivity contribution in [2.75, 3.05) is 5.32 Å². The van der Waals surface area contributed by atoms with Crippen LogP contribution in [0.2, 0.25) is 0 Å². The Morgan fingerprint density at radius 3 is 2.79 bits per heavy atom. The summed E-state index contributed by atoms with van der Waals surface area (Å²) in [6, 6.07) is 3.59. The number of nitrogens with zero attached hydrogens (tertiary/aromatic N) is 2. The van der Waals surface area contributed by atoms with E-state index in [1.54, 1.807) is 6.07 Å². The van der Waals surface area contributed by atoms with E-state index in [1.165, 1.54) is 12.3 Å². The molecule has 1 aliphatic carbocycles. The maximum absolute atomic E-state index is 10.3. The van der Waals surface area contributed by atoms with E-state index in [1.807, 2.05) is 0 Å². The van der Waals surface area contributed by atoms with Gasteiger partial charge >= 0.3 is 0 Å². The van der Waals surface area contributed by atoms with Gasteiger partial charge in [0.05, 0.1) is 4.92 Å². The molecule has 0 aliphatic heterocycles. The lowest BCUT2D eigenvalue weighted by atomic mass is 10.4. The summed E-state index contributed by atoms with van der Waals surface area (Å²) in [4.78, 5) is 13.9. The van der Waals surface area contributed by atoms with Gasteiger partial charge in [-0.3, -0.25) is 10.1 Å². The molecule has 5 nitrogen and oxygen atoms in total. The van der Waals surface area contributed by atoms with Crippen molar-refractivity contribution < 1.29 is 4.92 Å². The van der Waals surface area contributed by atoms with E-state index < -0.39 is 4.92 Å². The molecule has 5 heteroatoms. The highest BCUT2D eigenvalue weighted by atomic mass is 16.6. The summed E-state index contributed by atoms with van der Waals surface area (Å²) in [5.74, 6) is 1.40. The van der Waals surface area contributed by atoms with Gasteiger partial charge in [-0.2, -0.15) is 0 Å². The Labute approximate surface area is 81.3 Å². The zero-order chi connectivity index (χ0) is 10.1. The monoisotopic (exact) mass is 193 g/mol. The summed E-state index contributed by atoms with van der Waals surface area (Å²) >= 11 is 0. The van der Waals surface area contributed by atoms with E-state index in [2.05, 4.69) is 17.2 Å². The molecule has 1 N–H and O–H groups in total. The molecule has 0 aromatic carbocycles. The average molecular weight is 193 g/mol. The minimum atomic E-state index is -0.448. The summed E-state index contributed by atoms with van der Waals surface area (Å²) in [7, 11) is 0. The van der Waals surface area contributed by atoms with E-state index in [0.29, 0.717) is 17.8 Å². The van der Waals surface area contributed by atoms with Gasteiger partial charge in [-0.05, 0) is 18.4 Å². The number of hydrogen-bond acceptors (Lipinski definition) is 4. The molecule has 74 valence electrons. The smallest absolute Gasteiger partial charge is 0.287 e. The van der Waals surface area contributed by atoms with Gasteiger partial charge in [0.1, 0.15) is 12.0 Å². The molecule has 0 saturated heterocycles. The van der Waals surface area contributed by atoms with Crippen LogP contribution in [0.15, 0.2) is 18.3 Å². The number of aromatic nitrogens is 1. The van der Waals surface area contributed by atoms with Crippen LogP contribution in [0, 0.1) is 16.0 Å². The average Bonchev–Trinajstić information content (AvgIpc) is 2.82. The highest BCUT2D eigenvalue weighted by Crippen LogP contribution is 2.32. The predicted molar refractivity (Wildman–Crippen MR) is 52.1 cm³/mol. The van der Waals surface area contributed by atoms with Crippen LogP contribution in [0.1, 0.15) is 13.3 Å². The molecule has 1 heterocycles. The van der Waals surface area contributed by atoms with Gasteiger partial charge in [0.15, 0.2) is 0 Å². The molecule has 1 aromatic heterocycles. The van der Waals surface area contributed by atoms with Gasteiger partial charge in [0, 0.05) is 12.1 Å². The molecule has 2 unspecified atom stereocenters. The van der Waals surface area contributed by atoms with E-state index in [-0.39, 0.29) is 5.69 Å². The first kappa shape index (κ1) is 8.93. The van der Waals surface area contributed by atoms with E-state index in [9.17, 15) is 10.1 Å². The van der Waals surface area contributed by atoms with E-state index in [4.69, 9.17) is 0 Å². The van der Waals surface area contributed by atoms with Crippen LogP contribution >= 0.6 is 0 Å². The molecule has 2 atom stereocenters. The number of pyridine rings is 1. The Bertz CT molecular complexity index is 350. The minimum absolute atomic E-state index is 0.0272. The Morgan fingerprint density at radius 1 is 1.64 bits per heavy atom. The van der Waals surface area contributed by atoms with Gasteiger partial charge in [0.2, 0.25) is 0 Å². The second-order valence-electron chi connectivity index (χ2n) is 3.62. The Balaban J connectivity index is 2.02. The number of nitrogens with one attached hydrogen (secondary N) is 1. The van der Waals surface area contributed by atoms with Crippen LogP contribution in [0.4, 0.5) is 11.5 Å². The number of hydrogen-bond donors (Lipinski definition) is 1. The molecule has 0 amide bonds. The van der Waals surface area contributed by atoms with Gasteiger partial charge in [-0.1, -0.05) is 6.92 Å². The second-order valence-corrected chi connectivity index (χ2v) is 3.62. The standard InChI is InChI=1S/C9H11N3O2/c1-6-4-8(6)11-9-3-2-7(5-10-9)12(13)14/h2-3,5-6,8H,4H2,1H3,(H,10,11). The molecule has 0 spiro atoms. The summed E-state index contributed by atoms with van der Waals surface area (Å²) in [6.07, 6.45) is 2.42. The maximum atomic E-state index is 10.3. The lowest BCUT2D eigenvalue weighted by Crippen LogP contribution is -2.05. The van der Waals surface area contributed by atoms with Crippen LogP contribution in [-0.2, 0) is 0 Å². The lowest BCUT2D eigenvalue weighted by Gasteiger charge is -2.02. The molecule has 1 saturated carbocycles. The fourth-order valence-corrected chi connectivity index (χ4v) is 1.29. The van der Waals surface area contributed by atoms with Crippen LogP contribution in [0.3, 0.4) is 0 Å². The van der Waals surface area contributed by atoms with E-state index >= 15 is 0 Å². The minimum Gasteiger partial charge on any atom is -0.367 e. The first-order chi connectivity index (χ1) is 6.66. The molecule has 2 rings (SSSR count). The first-order valence-corrected chi connectivity index (χ1v) is 4.54. The molecule has 0 radical (unpaired) electrons. The Morgan fingerprint density at radius 2 is 2.36 bits per heavy atom. The van der Waals surface area contributed by atoms with Crippen LogP contribution in [0.25, 0.3) is 0 Å².